The van der Waals surface area contributed by atoms with E-state index in [-0.39, 0.29) is 18.3 Å². The SMILES string of the molecule is O=C(NNc1ccc([N+](=O)[O-])cn1)c1ccc2c(c1)OCO2. The molecule has 0 aliphatic carbocycles. The quantitative estimate of drug-likeness (QED) is 0.649. The largest absolute Gasteiger partial charge is 0.454 e. The topological polar surface area (TPSA) is 116 Å². The number of nitrogens with zero attached hydrogens (tertiary/aromatic N) is 2. The van der Waals surface area contributed by atoms with Crippen LogP contribution in [0, 0.1) is 10.1 Å². The minimum Gasteiger partial charge on any atom is -0.454 e. The molecule has 9 nitrogen and oxygen atoms in total. The standard InChI is InChI=1S/C13H10N4O5/c18-13(8-1-3-10-11(5-8)22-7-21-10)16-15-12-4-2-9(6-14-12)17(19)20/h1-6H,7H2,(H,14,15)(H,16,18). The second-order valence-electron chi connectivity index (χ2n) is 4.31. The molecule has 0 saturated heterocycles. The summed E-state index contributed by atoms with van der Waals surface area (Å²) in [7, 11) is 0. The van der Waals surface area contributed by atoms with Gasteiger partial charge < -0.3 is 9.47 Å². The van der Waals surface area contributed by atoms with E-state index in [1.54, 1.807) is 18.2 Å². The summed E-state index contributed by atoms with van der Waals surface area (Å²) in [6, 6.07) is 7.46. The van der Waals surface area contributed by atoms with E-state index in [9.17, 15) is 14.9 Å². The predicted molar refractivity (Wildman–Crippen MR) is 74.5 cm³/mol. The highest BCUT2D eigenvalue weighted by molar-refractivity contribution is 5.95. The van der Waals surface area contributed by atoms with Crippen LogP contribution in [0.1, 0.15) is 10.4 Å². The predicted octanol–water partition coefficient (Wildman–Crippen LogP) is 1.48. The highest BCUT2D eigenvalue weighted by atomic mass is 16.7. The molecule has 0 fully saturated rings. The van der Waals surface area contributed by atoms with Gasteiger partial charge in [-0.1, -0.05) is 0 Å². The van der Waals surface area contributed by atoms with Gasteiger partial charge in [0, 0.05) is 11.6 Å². The molecule has 9 heteroatoms. The van der Waals surface area contributed by atoms with Crippen molar-refractivity contribution < 1.29 is 19.2 Å². The number of amides is 1. The zero-order valence-electron chi connectivity index (χ0n) is 11.1. The third-order valence-electron chi connectivity index (χ3n) is 2.90. The fourth-order valence-corrected chi connectivity index (χ4v) is 1.80. The smallest absolute Gasteiger partial charge is 0.287 e. The van der Waals surface area contributed by atoms with Gasteiger partial charge in [0.2, 0.25) is 6.79 Å². The number of hydrogen-bond donors (Lipinski definition) is 2. The summed E-state index contributed by atoms with van der Waals surface area (Å²) in [6.07, 6.45) is 1.09. The molecular weight excluding hydrogens is 292 g/mol. The number of aromatic nitrogens is 1. The lowest BCUT2D eigenvalue weighted by molar-refractivity contribution is -0.385. The van der Waals surface area contributed by atoms with E-state index < -0.39 is 10.8 Å². The Balaban J connectivity index is 1.63. The molecule has 0 atom stereocenters. The average molecular weight is 302 g/mol. The number of anilines is 1. The number of pyridine rings is 1. The third kappa shape index (κ3) is 2.73. The zero-order chi connectivity index (χ0) is 15.5. The number of carbonyl (C=O) groups is 1. The van der Waals surface area contributed by atoms with E-state index in [0.717, 1.165) is 6.20 Å². The van der Waals surface area contributed by atoms with Gasteiger partial charge in [-0.05, 0) is 24.3 Å². The molecule has 1 aromatic heterocycles. The van der Waals surface area contributed by atoms with Crippen LogP contribution in [-0.4, -0.2) is 22.6 Å². The van der Waals surface area contributed by atoms with E-state index in [4.69, 9.17) is 9.47 Å². The Kier molecular flexibility index (Phi) is 3.44. The van der Waals surface area contributed by atoms with Crippen molar-refractivity contribution in [3.63, 3.8) is 0 Å². The number of ether oxygens (including phenoxy) is 2. The van der Waals surface area contributed by atoms with Gasteiger partial charge in [0.05, 0.1) is 4.92 Å². The summed E-state index contributed by atoms with van der Waals surface area (Å²) in [5, 5.41) is 10.5. The van der Waals surface area contributed by atoms with Crippen molar-refractivity contribution in [2.24, 2.45) is 0 Å². The molecule has 2 heterocycles. The number of hydrogen-bond acceptors (Lipinski definition) is 7. The van der Waals surface area contributed by atoms with Crippen LogP contribution in [-0.2, 0) is 0 Å². The molecular formula is C13H10N4O5. The van der Waals surface area contributed by atoms with E-state index in [0.29, 0.717) is 17.1 Å². The fraction of sp³-hybridized carbons (Fsp3) is 0.0769. The molecule has 0 spiro atoms. The highest BCUT2D eigenvalue weighted by Gasteiger charge is 2.16. The highest BCUT2D eigenvalue weighted by Crippen LogP contribution is 2.32. The van der Waals surface area contributed by atoms with Crippen molar-refractivity contribution in [3.8, 4) is 11.5 Å². The van der Waals surface area contributed by atoms with Crippen molar-refractivity contribution in [1.29, 1.82) is 0 Å². The number of nitrogens with one attached hydrogen (secondary N) is 2. The second-order valence-corrected chi connectivity index (χ2v) is 4.31. The first-order valence-electron chi connectivity index (χ1n) is 6.20. The molecule has 112 valence electrons. The third-order valence-corrected chi connectivity index (χ3v) is 2.90. The van der Waals surface area contributed by atoms with Crippen molar-refractivity contribution in [2.75, 3.05) is 12.2 Å². The van der Waals surface area contributed by atoms with Crippen molar-refractivity contribution in [1.82, 2.24) is 10.4 Å². The van der Waals surface area contributed by atoms with E-state index in [1.807, 2.05) is 0 Å². The molecule has 1 amide bonds. The van der Waals surface area contributed by atoms with E-state index >= 15 is 0 Å². The van der Waals surface area contributed by atoms with Crippen LogP contribution in [0.5, 0.6) is 11.5 Å². The molecule has 0 radical (unpaired) electrons. The first kappa shape index (κ1) is 13.6. The summed E-state index contributed by atoms with van der Waals surface area (Å²) >= 11 is 0. The lowest BCUT2D eigenvalue weighted by Gasteiger charge is -2.07. The maximum absolute atomic E-state index is 12.0. The number of carbonyl (C=O) groups excluding carboxylic acids is 1. The van der Waals surface area contributed by atoms with Crippen LogP contribution < -0.4 is 20.3 Å². The number of nitro groups is 1. The number of benzene rings is 1. The molecule has 0 unspecified atom stereocenters. The van der Waals surface area contributed by atoms with Gasteiger partial charge in [-0.25, -0.2) is 4.98 Å². The zero-order valence-corrected chi connectivity index (χ0v) is 11.1. The second kappa shape index (κ2) is 5.56. The summed E-state index contributed by atoms with van der Waals surface area (Å²) in [4.78, 5) is 25.8. The maximum Gasteiger partial charge on any atom is 0.287 e. The summed E-state index contributed by atoms with van der Waals surface area (Å²) in [5.41, 5.74) is 5.25. The Bertz CT molecular complexity index is 732. The van der Waals surface area contributed by atoms with Crippen LogP contribution >= 0.6 is 0 Å². The molecule has 3 rings (SSSR count). The maximum atomic E-state index is 12.0. The summed E-state index contributed by atoms with van der Waals surface area (Å²) < 4.78 is 10.3. The first-order chi connectivity index (χ1) is 10.6. The van der Waals surface area contributed by atoms with Crippen LogP contribution in [0.2, 0.25) is 0 Å². The Morgan fingerprint density at radius 1 is 1.23 bits per heavy atom. The van der Waals surface area contributed by atoms with Crippen molar-refractivity contribution in [2.45, 2.75) is 0 Å². The van der Waals surface area contributed by atoms with Gasteiger partial charge in [-0.3, -0.25) is 25.8 Å². The van der Waals surface area contributed by atoms with Gasteiger partial charge >= 0.3 is 0 Å². The van der Waals surface area contributed by atoms with Crippen LogP contribution in [0.4, 0.5) is 11.5 Å². The van der Waals surface area contributed by atoms with Crippen LogP contribution in [0.15, 0.2) is 36.5 Å². The molecule has 1 aliphatic rings. The number of rotatable bonds is 4. The first-order valence-corrected chi connectivity index (χ1v) is 6.20. The van der Waals surface area contributed by atoms with Crippen molar-refractivity contribution >= 4 is 17.4 Å². The molecule has 1 aromatic carbocycles. The van der Waals surface area contributed by atoms with E-state index in [1.165, 1.54) is 12.1 Å². The summed E-state index contributed by atoms with van der Waals surface area (Å²) in [5.74, 6) is 0.959. The van der Waals surface area contributed by atoms with Crippen LogP contribution in [0.25, 0.3) is 0 Å². The van der Waals surface area contributed by atoms with Gasteiger partial charge in [0.1, 0.15) is 12.0 Å². The lowest BCUT2D eigenvalue weighted by Crippen LogP contribution is -2.29. The fourth-order valence-electron chi connectivity index (χ4n) is 1.80. The van der Waals surface area contributed by atoms with Gasteiger partial charge in [0.15, 0.2) is 11.5 Å². The Morgan fingerprint density at radius 3 is 2.77 bits per heavy atom. The molecule has 2 aromatic rings. The number of fused-ring (bicyclic) bond motifs is 1. The van der Waals surface area contributed by atoms with E-state index in [2.05, 4.69) is 15.8 Å². The Hall–Kier alpha value is -3.36. The van der Waals surface area contributed by atoms with Gasteiger partial charge in [-0.15, -0.1) is 0 Å². The molecule has 0 bridgehead atoms. The molecule has 22 heavy (non-hydrogen) atoms. The van der Waals surface area contributed by atoms with Gasteiger partial charge in [0.25, 0.3) is 11.6 Å². The minimum absolute atomic E-state index is 0.130. The van der Waals surface area contributed by atoms with Crippen LogP contribution in [0.3, 0.4) is 0 Å². The molecule has 1 aliphatic heterocycles. The Morgan fingerprint density at radius 2 is 2.05 bits per heavy atom. The summed E-state index contributed by atoms with van der Waals surface area (Å²) in [6.45, 7) is 0.130. The number of hydrazine groups is 1. The molecule has 2 N–H and O–H groups in total. The van der Waals surface area contributed by atoms with Crippen molar-refractivity contribution in [3.05, 3.63) is 52.2 Å². The normalized spacial score (nSPS) is 11.8. The minimum atomic E-state index is -0.554. The Labute approximate surface area is 124 Å². The van der Waals surface area contributed by atoms with Gasteiger partial charge in [-0.2, -0.15) is 0 Å². The molecule has 0 saturated carbocycles. The lowest BCUT2D eigenvalue weighted by atomic mass is 10.2. The average Bonchev–Trinajstić information content (AvgIpc) is 3.00. The monoisotopic (exact) mass is 302 g/mol.